The molecule has 0 radical (unpaired) electrons. The number of aromatic nitrogens is 4. The Balaban J connectivity index is 1.73. The smallest absolute Gasteiger partial charge is 0.242 e. The predicted octanol–water partition coefficient (Wildman–Crippen LogP) is 0.874. The van der Waals surface area contributed by atoms with Gasteiger partial charge in [-0.3, -0.25) is 10.2 Å². The fraction of sp³-hybridized carbons (Fsp3) is 0.385. The summed E-state index contributed by atoms with van der Waals surface area (Å²) in [7, 11) is 0. The maximum Gasteiger partial charge on any atom is 0.242 e. The van der Waals surface area contributed by atoms with E-state index in [1.165, 1.54) is 11.8 Å². The van der Waals surface area contributed by atoms with Gasteiger partial charge in [0.05, 0.1) is 12.0 Å². The number of carbonyl (C=O) groups is 1. The van der Waals surface area contributed by atoms with Gasteiger partial charge < -0.3 is 0 Å². The van der Waals surface area contributed by atoms with Gasteiger partial charge in [-0.05, 0) is 28.8 Å². The molecule has 7 nitrogen and oxygen atoms in total. The van der Waals surface area contributed by atoms with Crippen LogP contribution in [-0.2, 0) is 4.79 Å². The third kappa shape index (κ3) is 3.22. The van der Waals surface area contributed by atoms with Crippen molar-refractivity contribution in [2.75, 3.05) is 5.75 Å². The van der Waals surface area contributed by atoms with Crippen LogP contribution >= 0.6 is 11.8 Å². The summed E-state index contributed by atoms with van der Waals surface area (Å²) >= 11 is 1.48. The Morgan fingerprint density at radius 2 is 2.19 bits per heavy atom. The van der Waals surface area contributed by atoms with Crippen LogP contribution in [0.3, 0.4) is 0 Å². The van der Waals surface area contributed by atoms with Crippen molar-refractivity contribution in [1.82, 2.24) is 25.6 Å². The molecule has 8 heteroatoms. The van der Waals surface area contributed by atoms with Gasteiger partial charge in [-0.15, -0.1) is 5.10 Å². The molecule has 0 saturated heterocycles. The number of nitrogens with zero attached hydrogens (tertiary/aromatic N) is 4. The second-order valence-electron chi connectivity index (χ2n) is 4.92. The van der Waals surface area contributed by atoms with E-state index in [2.05, 4.69) is 21.0 Å². The summed E-state index contributed by atoms with van der Waals surface area (Å²) in [5.74, 6) is 5.30. The van der Waals surface area contributed by atoms with Crippen molar-refractivity contribution in [2.45, 2.75) is 30.0 Å². The summed E-state index contributed by atoms with van der Waals surface area (Å²) in [6.07, 6.45) is 2.23. The van der Waals surface area contributed by atoms with Crippen LogP contribution < -0.4 is 11.3 Å². The first kappa shape index (κ1) is 14.0. The lowest BCUT2D eigenvalue weighted by Gasteiger charge is -2.14. The van der Waals surface area contributed by atoms with Crippen molar-refractivity contribution >= 4 is 17.7 Å². The minimum Gasteiger partial charge on any atom is -0.294 e. The first-order valence-electron chi connectivity index (χ1n) is 6.75. The molecule has 0 aliphatic heterocycles. The Morgan fingerprint density at radius 3 is 2.86 bits per heavy atom. The average Bonchev–Trinajstić information content (AvgIpc) is 3.27. The van der Waals surface area contributed by atoms with Crippen LogP contribution in [0, 0.1) is 0 Å². The molecule has 1 atom stereocenters. The second kappa shape index (κ2) is 6.23. The molecule has 1 aromatic heterocycles. The number of thioether (sulfide) groups is 1. The van der Waals surface area contributed by atoms with E-state index in [0.29, 0.717) is 11.8 Å². The van der Waals surface area contributed by atoms with Crippen LogP contribution in [-0.4, -0.2) is 31.9 Å². The average molecular weight is 304 g/mol. The Morgan fingerprint density at radius 1 is 1.43 bits per heavy atom. The fourth-order valence-corrected chi connectivity index (χ4v) is 3.17. The van der Waals surface area contributed by atoms with Crippen LogP contribution in [0.1, 0.15) is 30.4 Å². The van der Waals surface area contributed by atoms with E-state index in [9.17, 15) is 4.79 Å². The Bertz CT molecular complexity index is 612. The minimum absolute atomic E-state index is 0.209. The van der Waals surface area contributed by atoms with Crippen molar-refractivity contribution in [1.29, 1.82) is 0 Å². The van der Waals surface area contributed by atoms with Gasteiger partial charge in [0.2, 0.25) is 11.1 Å². The molecule has 2 aromatic rings. The van der Waals surface area contributed by atoms with Crippen molar-refractivity contribution in [2.24, 2.45) is 5.84 Å². The van der Waals surface area contributed by atoms with E-state index in [1.54, 1.807) is 0 Å². The quantitative estimate of drug-likeness (QED) is 0.356. The molecule has 1 aliphatic rings. The highest BCUT2D eigenvalue weighted by Gasteiger charge is 2.29. The minimum atomic E-state index is -0.328. The third-order valence-electron chi connectivity index (χ3n) is 3.40. The van der Waals surface area contributed by atoms with E-state index in [-0.39, 0.29) is 11.8 Å². The number of benzene rings is 1. The van der Waals surface area contributed by atoms with Gasteiger partial charge in [-0.1, -0.05) is 42.1 Å². The summed E-state index contributed by atoms with van der Waals surface area (Å²) in [5, 5.41) is 12.5. The van der Waals surface area contributed by atoms with E-state index >= 15 is 0 Å². The van der Waals surface area contributed by atoms with E-state index in [4.69, 9.17) is 5.84 Å². The number of rotatable bonds is 6. The zero-order valence-electron chi connectivity index (χ0n) is 11.3. The summed E-state index contributed by atoms with van der Waals surface area (Å²) in [6, 6.07) is 9.99. The number of nitrogens with one attached hydrogen (secondary N) is 1. The Hall–Kier alpha value is -1.93. The van der Waals surface area contributed by atoms with Crippen LogP contribution in [0.25, 0.3) is 0 Å². The number of hydrazine groups is 1. The van der Waals surface area contributed by atoms with Crippen LogP contribution in [0.2, 0.25) is 0 Å². The molecule has 1 fully saturated rings. The van der Waals surface area contributed by atoms with Crippen LogP contribution in [0.4, 0.5) is 0 Å². The SMILES string of the molecule is NNC(=O)C(CSc1nnnn1C1CC1)c1ccccc1. The van der Waals surface area contributed by atoms with Gasteiger partial charge in [0.25, 0.3) is 0 Å². The molecular weight excluding hydrogens is 288 g/mol. The van der Waals surface area contributed by atoms with Crippen molar-refractivity contribution < 1.29 is 4.79 Å². The zero-order chi connectivity index (χ0) is 14.7. The molecule has 1 heterocycles. The lowest BCUT2D eigenvalue weighted by atomic mass is 10.0. The molecule has 3 N–H and O–H groups in total. The number of nitrogens with two attached hydrogens (primary N) is 1. The number of hydrogen-bond acceptors (Lipinski definition) is 6. The molecule has 0 spiro atoms. The van der Waals surface area contributed by atoms with Gasteiger partial charge in [0, 0.05) is 5.75 Å². The topological polar surface area (TPSA) is 98.7 Å². The molecule has 0 bridgehead atoms. The monoisotopic (exact) mass is 304 g/mol. The standard InChI is InChI=1S/C13H16N6OS/c14-15-12(20)11(9-4-2-1-3-5-9)8-21-13-16-17-18-19(13)10-6-7-10/h1-5,10-11H,6-8,14H2,(H,15,20). The first-order valence-corrected chi connectivity index (χ1v) is 7.74. The van der Waals surface area contributed by atoms with E-state index in [0.717, 1.165) is 23.6 Å². The van der Waals surface area contributed by atoms with E-state index < -0.39 is 0 Å². The van der Waals surface area contributed by atoms with Gasteiger partial charge in [-0.25, -0.2) is 10.5 Å². The predicted molar refractivity (Wildman–Crippen MR) is 78.3 cm³/mol. The van der Waals surface area contributed by atoms with Crippen molar-refractivity contribution in [3.63, 3.8) is 0 Å². The first-order chi connectivity index (χ1) is 10.3. The highest BCUT2D eigenvalue weighted by molar-refractivity contribution is 7.99. The Kier molecular flexibility index (Phi) is 4.16. The normalized spacial score (nSPS) is 15.7. The highest BCUT2D eigenvalue weighted by atomic mass is 32.2. The summed E-state index contributed by atoms with van der Waals surface area (Å²) < 4.78 is 1.84. The van der Waals surface area contributed by atoms with E-state index in [1.807, 2.05) is 35.0 Å². The third-order valence-corrected chi connectivity index (χ3v) is 4.42. The second-order valence-corrected chi connectivity index (χ2v) is 5.91. The molecule has 1 saturated carbocycles. The molecular formula is C13H16N6OS. The van der Waals surface area contributed by atoms with Crippen LogP contribution in [0.5, 0.6) is 0 Å². The highest BCUT2D eigenvalue weighted by Crippen LogP contribution is 2.37. The molecule has 3 rings (SSSR count). The maximum absolute atomic E-state index is 12.0. The lowest BCUT2D eigenvalue weighted by Crippen LogP contribution is -2.35. The molecule has 110 valence electrons. The summed E-state index contributed by atoms with van der Waals surface area (Å²) in [4.78, 5) is 12.0. The number of tetrazole rings is 1. The summed E-state index contributed by atoms with van der Waals surface area (Å²) in [6.45, 7) is 0. The summed E-state index contributed by atoms with van der Waals surface area (Å²) in [5.41, 5.74) is 3.16. The van der Waals surface area contributed by atoms with Crippen molar-refractivity contribution in [3.05, 3.63) is 35.9 Å². The Labute approximate surface area is 126 Å². The number of hydrogen-bond donors (Lipinski definition) is 2. The molecule has 1 unspecified atom stereocenters. The van der Waals surface area contributed by atoms with Gasteiger partial charge in [0.1, 0.15) is 0 Å². The van der Waals surface area contributed by atoms with Gasteiger partial charge >= 0.3 is 0 Å². The van der Waals surface area contributed by atoms with Gasteiger partial charge in [-0.2, -0.15) is 0 Å². The lowest BCUT2D eigenvalue weighted by molar-refractivity contribution is -0.122. The molecule has 1 amide bonds. The number of amides is 1. The largest absolute Gasteiger partial charge is 0.294 e. The van der Waals surface area contributed by atoms with Crippen molar-refractivity contribution in [3.8, 4) is 0 Å². The molecule has 1 aliphatic carbocycles. The molecule has 21 heavy (non-hydrogen) atoms. The fourth-order valence-electron chi connectivity index (χ4n) is 2.10. The van der Waals surface area contributed by atoms with Crippen LogP contribution in [0.15, 0.2) is 35.5 Å². The molecule has 1 aromatic carbocycles. The van der Waals surface area contributed by atoms with Gasteiger partial charge in [0.15, 0.2) is 0 Å². The zero-order valence-corrected chi connectivity index (χ0v) is 12.2. The maximum atomic E-state index is 12.0. The number of carbonyl (C=O) groups excluding carboxylic acids is 1.